The van der Waals surface area contributed by atoms with Gasteiger partial charge in [-0.05, 0) is 42.8 Å². The number of hydrogen-bond acceptors (Lipinski definition) is 6. The molecule has 1 saturated heterocycles. The van der Waals surface area contributed by atoms with Crippen LogP contribution < -0.4 is 0 Å². The van der Waals surface area contributed by atoms with Crippen LogP contribution in [0, 0.1) is 0 Å². The number of halogens is 1. The molecule has 1 atom stereocenters. The first-order chi connectivity index (χ1) is 12.8. The topological polar surface area (TPSA) is 62.3 Å². The van der Waals surface area contributed by atoms with Crippen molar-refractivity contribution in [3.8, 4) is 11.4 Å². The molecule has 0 unspecified atom stereocenters. The van der Waals surface area contributed by atoms with E-state index in [4.69, 9.17) is 25.5 Å². The Kier molecular flexibility index (Phi) is 5.59. The van der Waals surface area contributed by atoms with Crippen molar-refractivity contribution < 1.29 is 13.9 Å². The van der Waals surface area contributed by atoms with Crippen molar-refractivity contribution in [2.75, 3.05) is 19.2 Å². The first kappa shape index (κ1) is 17.6. The van der Waals surface area contributed by atoms with Crippen LogP contribution in [-0.2, 0) is 16.0 Å². The fourth-order valence-corrected chi connectivity index (χ4v) is 3.84. The van der Waals surface area contributed by atoms with Gasteiger partial charge in [0, 0.05) is 16.3 Å². The Morgan fingerprint density at radius 1 is 1.19 bits per heavy atom. The SMILES string of the molecule is Clc1ccc(-c2nnc(SC[C@H]3CCOCO3)n2Cc2ccco2)cc1. The quantitative estimate of drug-likeness (QED) is 0.589. The number of thioether (sulfide) groups is 1. The normalized spacial score (nSPS) is 17.5. The average molecular weight is 392 g/mol. The third kappa shape index (κ3) is 4.12. The second kappa shape index (κ2) is 8.26. The van der Waals surface area contributed by atoms with Crippen LogP contribution in [0.3, 0.4) is 0 Å². The fraction of sp³-hybridized carbons (Fsp3) is 0.333. The summed E-state index contributed by atoms with van der Waals surface area (Å²) < 4.78 is 18.4. The van der Waals surface area contributed by atoms with Gasteiger partial charge in [-0.3, -0.25) is 4.57 Å². The average Bonchev–Trinajstić information content (AvgIpc) is 3.32. The van der Waals surface area contributed by atoms with Gasteiger partial charge in [-0.1, -0.05) is 23.4 Å². The molecule has 1 aliphatic rings. The minimum Gasteiger partial charge on any atom is -0.467 e. The van der Waals surface area contributed by atoms with E-state index in [9.17, 15) is 0 Å². The number of rotatable bonds is 6. The van der Waals surface area contributed by atoms with E-state index in [-0.39, 0.29) is 6.10 Å². The largest absolute Gasteiger partial charge is 0.467 e. The molecule has 0 spiro atoms. The minimum absolute atomic E-state index is 0.168. The molecule has 0 amide bonds. The molecule has 0 saturated carbocycles. The Morgan fingerprint density at radius 2 is 2.08 bits per heavy atom. The third-order valence-electron chi connectivity index (χ3n) is 4.08. The molecule has 3 heterocycles. The second-order valence-corrected chi connectivity index (χ2v) is 7.32. The molecule has 0 N–H and O–H groups in total. The van der Waals surface area contributed by atoms with Gasteiger partial charge in [0.2, 0.25) is 0 Å². The highest BCUT2D eigenvalue weighted by atomic mass is 35.5. The summed E-state index contributed by atoms with van der Waals surface area (Å²) in [5, 5.41) is 10.3. The van der Waals surface area contributed by atoms with E-state index in [1.807, 2.05) is 36.4 Å². The van der Waals surface area contributed by atoms with E-state index in [1.54, 1.807) is 18.0 Å². The maximum absolute atomic E-state index is 6.01. The second-order valence-electron chi connectivity index (χ2n) is 5.89. The van der Waals surface area contributed by atoms with E-state index in [1.165, 1.54) is 0 Å². The summed E-state index contributed by atoms with van der Waals surface area (Å²) in [4.78, 5) is 0. The van der Waals surface area contributed by atoms with Crippen molar-refractivity contribution in [1.29, 1.82) is 0 Å². The van der Waals surface area contributed by atoms with E-state index in [0.717, 1.165) is 41.1 Å². The maximum atomic E-state index is 6.01. The highest BCUT2D eigenvalue weighted by Crippen LogP contribution is 2.27. The van der Waals surface area contributed by atoms with Gasteiger partial charge in [-0.2, -0.15) is 0 Å². The third-order valence-corrected chi connectivity index (χ3v) is 5.43. The van der Waals surface area contributed by atoms with Crippen molar-refractivity contribution in [3.63, 3.8) is 0 Å². The molecule has 3 aromatic rings. The zero-order chi connectivity index (χ0) is 17.8. The summed E-state index contributed by atoms with van der Waals surface area (Å²) in [6, 6.07) is 11.4. The molecule has 0 radical (unpaired) electrons. The van der Waals surface area contributed by atoms with E-state index < -0.39 is 0 Å². The molecular formula is C18H18ClN3O3S. The van der Waals surface area contributed by atoms with Gasteiger partial charge in [0.25, 0.3) is 0 Å². The molecule has 1 fully saturated rings. The number of aromatic nitrogens is 3. The van der Waals surface area contributed by atoms with E-state index >= 15 is 0 Å². The lowest BCUT2D eigenvalue weighted by atomic mass is 10.2. The molecule has 136 valence electrons. The van der Waals surface area contributed by atoms with Crippen LogP contribution in [-0.4, -0.2) is 40.0 Å². The number of furan rings is 1. The summed E-state index contributed by atoms with van der Waals surface area (Å²) >= 11 is 7.64. The molecular weight excluding hydrogens is 374 g/mol. The minimum atomic E-state index is 0.168. The highest BCUT2D eigenvalue weighted by molar-refractivity contribution is 7.99. The molecule has 8 heteroatoms. The Bertz CT molecular complexity index is 830. The lowest BCUT2D eigenvalue weighted by Gasteiger charge is -2.22. The van der Waals surface area contributed by atoms with Gasteiger partial charge in [0.05, 0.1) is 25.5 Å². The van der Waals surface area contributed by atoms with Gasteiger partial charge < -0.3 is 13.9 Å². The Labute approximate surface area is 160 Å². The molecule has 6 nitrogen and oxygen atoms in total. The van der Waals surface area contributed by atoms with Crippen LogP contribution in [0.5, 0.6) is 0 Å². The lowest BCUT2D eigenvalue weighted by Crippen LogP contribution is -2.25. The zero-order valence-electron chi connectivity index (χ0n) is 14.0. The van der Waals surface area contributed by atoms with Crippen LogP contribution in [0.15, 0.2) is 52.2 Å². The predicted octanol–water partition coefficient (Wildman–Crippen LogP) is 4.09. The van der Waals surface area contributed by atoms with Gasteiger partial charge in [0.1, 0.15) is 12.6 Å². The van der Waals surface area contributed by atoms with Crippen LogP contribution in [0.4, 0.5) is 0 Å². The summed E-state index contributed by atoms with van der Waals surface area (Å²) in [6.07, 6.45) is 2.73. The van der Waals surface area contributed by atoms with Gasteiger partial charge in [-0.25, -0.2) is 0 Å². The molecule has 1 aromatic carbocycles. The van der Waals surface area contributed by atoms with Crippen molar-refractivity contribution in [2.24, 2.45) is 0 Å². The molecule has 2 aromatic heterocycles. The Hall–Kier alpha value is -1.80. The van der Waals surface area contributed by atoms with Crippen molar-refractivity contribution in [2.45, 2.75) is 24.2 Å². The number of benzene rings is 1. The van der Waals surface area contributed by atoms with Gasteiger partial charge in [0.15, 0.2) is 11.0 Å². The Morgan fingerprint density at radius 3 is 2.81 bits per heavy atom. The van der Waals surface area contributed by atoms with E-state index in [2.05, 4.69) is 14.8 Å². The number of ether oxygens (including phenoxy) is 2. The molecule has 0 aliphatic carbocycles. The zero-order valence-corrected chi connectivity index (χ0v) is 15.6. The first-order valence-electron chi connectivity index (χ1n) is 8.33. The monoisotopic (exact) mass is 391 g/mol. The van der Waals surface area contributed by atoms with Crippen LogP contribution >= 0.6 is 23.4 Å². The smallest absolute Gasteiger partial charge is 0.192 e. The summed E-state index contributed by atoms with van der Waals surface area (Å²) in [7, 11) is 0. The highest BCUT2D eigenvalue weighted by Gasteiger charge is 2.19. The van der Waals surface area contributed by atoms with Crippen molar-refractivity contribution in [3.05, 3.63) is 53.4 Å². The summed E-state index contributed by atoms with van der Waals surface area (Å²) in [5.41, 5.74) is 0.961. The molecule has 4 rings (SSSR count). The van der Waals surface area contributed by atoms with Crippen LogP contribution in [0.1, 0.15) is 12.2 Å². The fourth-order valence-electron chi connectivity index (χ4n) is 2.71. The maximum Gasteiger partial charge on any atom is 0.192 e. The number of hydrogen-bond donors (Lipinski definition) is 0. The van der Waals surface area contributed by atoms with Crippen molar-refractivity contribution >= 4 is 23.4 Å². The standard InChI is InChI=1S/C18H18ClN3O3S/c19-14-5-3-13(4-6-14)17-20-21-18(22(17)10-15-2-1-8-24-15)26-11-16-7-9-23-12-25-16/h1-6,8,16H,7,9-12H2/t16-/m1/s1. The molecule has 26 heavy (non-hydrogen) atoms. The van der Waals surface area contributed by atoms with Gasteiger partial charge in [-0.15, -0.1) is 10.2 Å². The first-order valence-corrected chi connectivity index (χ1v) is 9.69. The summed E-state index contributed by atoms with van der Waals surface area (Å²) in [6.45, 7) is 1.66. The molecule has 0 bridgehead atoms. The Balaban J connectivity index is 1.59. The van der Waals surface area contributed by atoms with Crippen molar-refractivity contribution in [1.82, 2.24) is 14.8 Å². The lowest BCUT2D eigenvalue weighted by molar-refractivity contribution is -0.130. The predicted molar refractivity (Wildman–Crippen MR) is 99.3 cm³/mol. The molecule has 1 aliphatic heterocycles. The summed E-state index contributed by atoms with van der Waals surface area (Å²) in [5.74, 6) is 2.44. The number of nitrogens with zero attached hydrogens (tertiary/aromatic N) is 3. The van der Waals surface area contributed by atoms with Crippen LogP contribution in [0.25, 0.3) is 11.4 Å². The van der Waals surface area contributed by atoms with E-state index in [0.29, 0.717) is 18.4 Å². The van der Waals surface area contributed by atoms with Gasteiger partial charge >= 0.3 is 0 Å². The van der Waals surface area contributed by atoms with Crippen LogP contribution in [0.2, 0.25) is 5.02 Å².